The number of rotatable bonds is 4. The molecular weight excluding hydrogens is 316 g/mol. The Balaban J connectivity index is 2.23. The lowest BCUT2D eigenvalue weighted by molar-refractivity contribution is 0.0519. The third-order valence-electron chi connectivity index (χ3n) is 3.84. The predicted molar refractivity (Wildman–Crippen MR) is 96.4 cm³/mol. The third kappa shape index (κ3) is 3.35. The van der Waals surface area contributed by atoms with Crippen molar-refractivity contribution in [2.75, 3.05) is 6.61 Å². The molecule has 0 unspecified atom stereocenters. The molecule has 2 aromatic carbocycles. The predicted octanol–water partition coefficient (Wildman–Crippen LogP) is 3.59. The Morgan fingerprint density at radius 3 is 2.36 bits per heavy atom. The summed E-state index contributed by atoms with van der Waals surface area (Å²) < 4.78 is 5.06. The Bertz CT molecular complexity index is 945. The zero-order chi connectivity index (χ0) is 17.8. The van der Waals surface area contributed by atoms with E-state index in [1.54, 1.807) is 19.1 Å². The highest BCUT2D eigenvalue weighted by Crippen LogP contribution is 2.22. The molecule has 0 saturated heterocycles. The molecule has 1 aromatic heterocycles. The molecule has 0 fully saturated rings. The van der Waals surface area contributed by atoms with Crippen LogP contribution in [-0.2, 0) is 4.74 Å². The lowest BCUT2D eigenvalue weighted by Gasteiger charge is -2.10. The molecule has 0 aliphatic heterocycles. The number of ether oxygens (including phenoxy) is 1. The summed E-state index contributed by atoms with van der Waals surface area (Å²) in [5, 5.41) is 6.85. The van der Waals surface area contributed by atoms with Gasteiger partial charge in [-0.15, -0.1) is 0 Å². The summed E-state index contributed by atoms with van der Waals surface area (Å²) in [7, 11) is 0. The Kier molecular flexibility index (Phi) is 4.75. The third-order valence-corrected chi connectivity index (χ3v) is 3.84. The van der Waals surface area contributed by atoms with E-state index in [-0.39, 0.29) is 29.0 Å². The number of hydrogen-bond donors (Lipinski definition) is 1. The number of aryl methyl sites for hydroxylation is 1. The van der Waals surface area contributed by atoms with Gasteiger partial charge in [0.1, 0.15) is 5.69 Å². The molecule has 0 aliphatic carbocycles. The molecule has 0 saturated carbocycles. The van der Waals surface area contributed by atoms with Gasteiger partial charge in [0.2, 0.25) is 5.43 Å². The van der Waals surface area contributed by atoms with Crippen LogP contribution in [0.2, 0.25) is 0 Å². The van der Waals surface area contributed by atoms with Crippen molar-refractivity contribution in [3.05, 3.63) is 76.1 Å². The van der Waals surface area contributed by atoms with Crippen LogP contribution in [-0.4, -0.2) is 22.8 Å². The lowest BCUT2D eigenvalue weighted by Crippen LogP contribution is -2.20. The van der Waals surface area contributed by atoms with Gasteiger partial charge in [0.15, 0.2) is 5.69 Å². The van der Waals surface area contributed by atoms with Crippen LogP contribution in [0.25, 0.3) is 22.4 Å². The summed E-state index contributed by atoms with van der Waals surface area (Å²) in [6.07, 6.45) is 0. The van der Waals surface area contributed by atoms with E-state index in [0.717, 1.165) is 5.56 Å². The normalized spacial score (nSPS) is 10.5. The average Bonchev–Trinajstić information content (AvgIpc) is 2.63. The van der Waals surface area contributed by atoms with Gasteiger partial charge in [-0.05, 0) is 19.4 Å². The van der Waals surface area contributed by atoms with Crippen LogP contribution < -0.4 is 5.43 Å². The first kappa shape index (κ1) is 16.6. The van der Waals surface area contributed by atoms with Crippen LogP contribution >= 0.6 is 0 Å². The van der Waals surface area contributed by atoms with Crippen LogP contribution in [0.3, 0.4) is 0 Å². The van der Waals surface area contributed by atoms with Gasteiger partial charge in [0, 0.05) is 5.56 Å². The van der Waals surface area contributed by atoms with E-state index in [0.29, 0.717) is 11.1 Å². The van der Waals surface area contributed by atoms with E-state index in [9.17, 15) is 9.59 Å². The number of esters is 1. The molecular formula is C20H18N2O3. The second kappa shape index (κ2) is 7.13. The van der Waals surface area contributed by atoms with Gasteiger partial charge in [0.05, 0.1) is 12.2 Å². The molecule has 126 valence electrons. The molecule has 0 atom stereocenters. The Morgan fingerprint density at radius 2 is 1.72 bits per heavy atom. The average molecular weight is 334 g/mol. The van der Waals surface area contributed by atoms with Crippen molar-refractivity contribution >= 4 is 5.97 Å². The highest BCUT2D eigenvalue weighted by atomic mass is 16.5. The largest absolute Gasteiger partial charge is 0.461 e. The molecule has 0 amide bonds. The molecule has 5 heteroatoms. The Hall–Kier alpha value is -3.21. The molecule has 3 aromatic rings. The quantitative estimate of drug-likeness (QED) is 0.740. The number of aromatic amines is 1. The topological polar surface area (TPSA) is 72.1 Å². The van der Waals surface area contributed by atoms with Crippen LogP contribution in [0.4, 0.5) is 0 Å². The van der Waals surface area contributed by atoms with Crippen molar-refractivity contribution in [2.24, 2.45) is 0 Å². The number of hydrogen-bond acceptors (Lipinski definition) is 4. The van der Waals surface area contributed by atoms with Crippen LogP contribution in [0.1, 0.15) is 23.0 Å². The summed E-state index contributed by atoms with van der Waals surface area (Å²) >= 11 is 0. The summed E-state index contributed by atoms with van der Waals surface area (Å²) in [6, 6.07) is 16.6. The van der Waals surface area contributed by atoms with Crippen molar-refractivity contribution in [3.63, 3.8) is 0 Å². The molecule has 0 aliphatic rings. The summed E-state index contributed by atoms with van der Waals surface area (Å²) in [6.45, 7) is 3.90. The molecule has 0 radical (unpaired) electrons. The van der Waals surface area contributed by atoms with Gasteiger partial charge in [-0.1, -0.05) is 60.2 Å². The van der Waals surface area contributed by atoms with Crippen molar-refractivity contribution in [1.29, 1.82) is 0 Å². The number of aromatic nitrogens is 2. The molecule has 5 nitrogen and oxygen atoms in total. The van der Waals surface area contributed by atoms with E-state index in [2.05, 4.69) is 10.2 Å². The zero-order valence-electron chi connectivity index (χ0n) is 14.1. The van der Waals surface area contributed by atoms with E-state index in [4.69, 9.17) is 4.74 Å². The summed E-state index contributed by atoms with van der Waals surface area (Å²) in [5.41, 5.74) is 2.72. The highest BCUT2D eigenvalue weighted by Gasteiger charge is 2.21. The van der Waals surface area contributed by atoms with Crippen molar-refractivity contribution in [1.82, 2.24) is 10.2 Å². The van der Waals surface area contributed by atoms with Crippen LogP contribution in [0.5, 0.6) is 0 Å². The van der Waals surface area contributed by atoms with Gasteiger partial charge >= 0.3 is 5.97 Å². The van der Waals surface area contributed by atoms with Gasteiger partial charge in [-0.3, -0.25) is 9.89 Å². The van der Waals surface area contributed by atoms with Gasteiger partial charge in [-0.25, -0.2) is 4.79 Å². The first-order valence-electron chi connectivity index (χ1n) is 8.04. The van der Waals surface area contributed by atoms with E-state index < -0.39 is 5.97 Å². The van der Waals surface area contributed by atoms with Gasteiger partial charge < -0.3 is 4.74 Å². The molecule has 0 bridgehead atoms. The zero-order valence-corrected chi connectivity index (χ0v) is 14.1. The second-order valence-corrected chi connectivity index (χ2v) is 5.60. The fraction of sp³-hybridized carbons (Fsp3) is 0.150. The Labute approximate surface area is 145 Å². The molecule has 1 heterocycles. The number of carbonyl (C=O) groups excluding carboxylic acids is 1. The minimum Gasteiger partial charge on any atom is -0.461 e. The molecule has 3 rings (SSSR count). The van der Waals surface area contributed by atoms with Crippen molar-refractivity contribution in [2.45, 2.75) is 13.8 Å². The van der Waals surface area contributed by atoms with Crippen LogP contribution in [0, 0.1) is 6.92 Å². The summed E-state index contributed by atoms with van der Waals surface area (Å²) in [4.78, 5) is 25.3. The number of H-pyrrole nitrogens is 1. The standard InChI is InChI=1S/C20H18N2O3/c1-3-25-20(24)18-16(14-7-5-4-6-8-14)19(23)17(21-22-18)15-11-9-13(2)10-12-15/h4-12H,3H2,1-2H3,(H,22,23). The van der Waals surface area contributed by atoms with Gasteiger partial charge in [-0.2, -0.15) is 5.10 Å². The fourth-order valence-electron chi connectivity index (χ4n) is 2.59. The molecule has 0 spiro atoms. The fourth-order valence-corrected chi connectivity index (χ4v) is 2.59. The molecule has 25 heavy (non-hydrogen) atoms. The minimum absolute atomic E-state index is 0.0638. The monoisotopic (exact) mass is 334 g/mol. The maximum Gasteiger partial charge on any atom is 0.357 e. The van der Waals surface area contributed by atoms with E-state index >= 15 is 0 Å². The smallest absolute Gasteiger partial charge is 0.357 e. The SMILES string of the molecule is CCOC(=O)c1[nH]nc(-c2ccc(C)cc2)c(=O)c1-c1ccccc1. The maximum atomic E-state index is 13.1. The number of nitrogens with zero attached hydrogens (tertiary/aromatic N) is 1. The highest BCUT2D eigenvalue weighted by molar-refractivity contribution is 5.95. The number of nitrogens with one attached hydrogen (secondary N) is 1. The van der Waals surface area contributed by atoms with E-state index in [1.807, 2.05) is 49.4 Å². The van der Waals surface area contributed by atoms with Crippen molar-refractivity contribution in [3.8, 4) is 22.4 Å². The van der Waals surface area contributed by atoms with Gasteiger partial charge in [0.25, 0.3) is 0 Å². The van der Waals surface area contributed by atoms with E-state index in [1.165, 1.54) is 0 Å². The Morgan fingerprint density at radius 1 is 1.04 bits per heavy atom. The number of carbonyl (C=O) groups is 1. The first-order chi connectivity index (χ1) is 12.1. The van der Waals surface area contributed by atoms with Crippen LogP contribution in [0.15, 0.2) is 59.4 Å². The maximum absolute atomic E-state index is 13.1. The van der Waals surface area contributed by atoms with Crippen molar-refractivity contribution < 1.29 is 9.53 Å². The number of benzene rings is 2. The first-order valence-corrected chi connectivity index (χ1v) is 8.04. The summed E-state index contributed by atoms with van der Waals surface area (Å²) in [5.74, 6) is -0.596. The minimum atomic E-state index is -0.596. The second-order valence-electron chi connectivity index (χ2n) is 5.60. The lowest BCUT2D eigenvalue weighted by atomic mass is 10.0. The molecule has 1 N–H and O–H groups in total.